The van der Waals surface area contributed by atoms with Gasteiger partial charge in [0.25, 0.3) is 0 Å². The molecular weight excluding hydrogens is 198 g/mol. The summed E-state index contributed by atoms with van der Waals surface area (Å²) in [6.07, 6.45) is -0.0322. The second kappa shape index (κ2) is 4.67. The fraction of sp³-hybridized carbons (Fsp3) is 0.455. The van der Waals surface area contributed by atoms with E-state index in [-0.39, 0.29) is 12.1 Å². The maximum atomic E-state index is 6.01. The molecule has 1 rings (SSSR count). The van der Waals surface area contributed by atoms with Gasteiger partial charge in [-0.25, -0.2) is 0 Å². The molecule has 0 radical (unpaired) electrons. The summed E-state index contributed by atoms with van der Waals surface area (Å²) in [5, 5.41) is 0.637. The highest BCUT2D eigenvalue weighted by molar-refractivity contribution is 6.32. The lowest BCUT2D eigenvalue weighted by Crippen LogP contribution is -2.33. The van der Waals surface area contributed by atoms with Crippen LogP contribution in [-0.4, -0.2) is 12.1 Å². The van der Waals surface area contributed by atoms with Crippen molar-refractivity contribution >= 4 is 11.6 Å². The van der Waals surface area contributed by atoms with Gasteiger partial charge < -0.3 is 10.5 Å². The lowest BCUT2D eigenvalue weighted by atomic mass is 10.2. The minimum atomic E-state index is -0.0322. The number of hydrogen-bond donors (Lipinski definition) is 1. The minimum Gasteiger partial charge on any atom is -0.488 e. The lowest BCUT2D eigenvalue weighted by molar-refractivity contribution is 0.197. The third kappa shape index (κ3) is 2.89. The van der Waals surface area contributed by atoms with Crippen LogP contribution in [0.15, 0.2) is 18.2 Å². The Morgan fingerprint density at radius 1 is 1.36 bits per heavy atom. The zero-order valence-corrected chi connectivity index (χ0v) is 9.51. The Labute approximate surface area is 90.0 Å². The summed E-state index contributed by atoms with van der Waals surface area (Å²) < 4.78 is 5.60. The quantitative estimate of drug-likeness (QED) is 0.838. The smallest absolute Gasteiger partial charge is 0.138 e. The van der Waals surface area contributed by atoms with Crippen molar-refractivity contribution in [3.8, 4) is 5.75 Å². The van der Waals surface area contributed by atoms with Gasteiger partial charge in [-0.05, 0) is 38.5 Å². The Balaban J connectivity index is 2.77. The van der Waals surface area contributed by atoms with Crippen LogP contribution >= 0.6 is 11.6 Å². The monoisotopic (exact) mass is 213 g/mol. The van der Waals surface area contributed by atoms with Crippen molar-refractivity contribution in [1.82, 2.24) is 0 Å². The van der Waals surface area contributed by atoms with Crippen molar-refractivity contribution in [2.24, 2.45) is 5.73 Å². The van der Waals surface area contributed by atoms with E-state index in [1.807, 2.05) is 39.0 Å². The normalized spacial score (nSPS) is 14.9. The number of hydrogen-bond acceptors (Lipinski definition) is 2. The van der Waals surface area contributed by atoms with Crippen molar-refractivity contribution < 1.29 is 4.74 Å². The van der Waals surface area contributed by atoms with E-state index in [0.717, 1.165) is 5.56 Å². The summed E-state index contributed by atoms with van der Waals surface area (Å²) in [6, 6.07) is 5.71. The van der Waals surface area contributed by atoms with Crippen molar-refractivity contribution in [1.29, 1.82) is 0 Å². The van der Waals surface area contributed by atoms with Gasteiger partial charge >= 0.3 is 0 Å². The van der Waals surface area contributed by atoms with Gasteiger partial charge in [0.2, 0.25) is 0 Å². The standard InChI is InChI=1S/C11H16ClNO/c1-7-4-5-11(10(12)6-7)14-9(3)8(2)13/h4-6,8-9H,13H2,1-3H3/t8-,9?/m0/s1. The molecule has 0 amide bonds. The zero-order chi connectivity index (χ0) is 10.7. The average molecular weight is 214 g/mol. The number of aryl methyl sites for hydroxylation is 1. The third-order valence-corrected chi connectivity index (χ3v) is 2.44. The molecule has 2 N–H and O–H groups in total. The van der Waals surface area contributed by atoms with E-state index < -0.39 is 0 Å². The van der Waals surface area contributed by atoms with Gasteiger partial charge in [0.05, 0.1) is 5.02 Å². The van der Waals surface area contributed by atoms with Gasteiger partial charge in [-0.1, -0.05) is 17.7 Å². The Morgan fingerprint density at radius 2 is 2.00 bits per heavy atom. The highest BCUT2D eigenvalue weighted by Gasteiger charge is 2.10. The maximum Gasteiger partial charge on any atom is 0.138 e. The molecule has 1 aromatic carbocycles. The van der Waals surface area contributed by atoms with Crippen LogP contribution in [0.4, 0.5) is 0 Å². The molecule has 1 aromatic rings. The molecule has 14 heavy (non-hydrogen) atoms. The fourth-order valence-corrected chi connectivity index (χ4v) is 1.29. The Bertz CT molecular complexity index is 312. The number of rotatable bonds is 3. The molecule has 0 spiro atoms. The van der Waals surface area contributed by atoms with Crippen LogP contribution < -0.4 is 10.5 Å². The zero-order valence-electron chi connectivity index (χ0n) is 8.75. The summed E-state index contributed by atoms with van der Waals surface area (Å²) >= 11 is 6.01. The highest BCUT2D eigenvalue weighted by Crippen LogP contribution is 2.26. The van der Waals surface area contributed by atoms with Gasteiger partial charge in [0, 0.05) is 6.04 Å². The molecule has 78 valence electrons. The summed E-state index contributed by atoms with van der Waals surface area (Å²) in [5.41, 5.74) is 6.82. The molecule has 2 nitrogen and oxygen atoms in total. The third-order valence-electron chi connectivity index (χ3n) is 2.14. The van der Waals surface area contributed by atoms with Crippen LogP contribution in [0.25, 0.3) is 0 Å². The first kappa shape index (κ1) is 11.3. The largest absolute Gasteiger partial charge is 0.488 e. The van der Waals surface area contributed by atoms with Gasteiger partial charge in [0.15, 0.2) is 0 Å². The predicted molar refractivity (Wildman–Crippen MR) is 59.9 cm³/mol. The fourth-order valence-electron chi connectivity index (χ4n) is 1.01. The van der Waals surface area contributed by atoms with Crippen LogP contribution in [0, 0.1) is 6.92 Å². The molecule has 2 atom stereocenters. The Morgan fingerprint density at radius 3 is 2.50 bits per heavy atom. The Kier molecular flexibility index (Phi) is 3.78. The molecule has 0 saturated carbocycles. The molecule has 0 aliphatic heterocycles. The molecular formula is C11H16ClNO. The van der Waals surface area contributed by atoms with Gasteiger partial charge in [-0.15, -0.1) is 0 Å². The molecule has 1 unspecified atom stereocenters. The van der Waals surface area contributed by atoms with E-state index in [4.69, 9.17) is 22.1 Å². The molecule has 0 aliphatic rings. The van der Waals surface area contributed by atoms with E-state index in [1.54, 1.807) is 0 Å². The van der Waals surface area contributed by atoms with Crippen LogP contribution in [-0.2, 0) is 0 Å². The van der Waals surface area contributed by atoms with Crippen molar-refractivity contribution in [2.45, 2.75) is 32.9 Å². The van der Waals surface area contributed by atoms with Gasteiger partial charge in [0.1, 0.15) is 11.9 Å². The summed E-state index contributed by atoms with van der Waals surface area (Å²) in [4.78, 5) is 0. The molecule has 0 aliphatic carbocycles. The van der Waals surface area contributed by atoms with E-state index >= 15 is 0 Å². The second-order valence-corrected chi connectivity index (χ2v) is 4.02. The second-order valence-electron chi connectivity index (χ2n) is 3.62. The molecule has 0 heterocycles. The van der Waals surface area contributed by atoms with Crippen LogP contribution in [0.3, 0.4) is 0 Å². The van der Waals surface area contributed by atoms with E-state index in [2.05, 4.69) is 0 Å². The van der Waals surface area contributed by atoms with Crippen LogP contribution in [0.5, 0.6) is 5.75 Å². The number of nitrogens with two attached hydrogens (primary N) is 1. The molecule has 0 bridgehead atoms. The first-order chi connectivity index (χ1) is 6.50. The summed E-state index contributed by atoms with van der Waals surface area (Å²) in [5.74, 6) is 0.696. The number of ether oxygens (including phenoxy) is 1. The summed E-state index contributed by atoms with van der Waals surface area (Å²) in [7, 11) is 0. The average Bonchev–Trinajstić information content (AvgIpc) is 2.09. The molecule has 0 saturated heterocycles. The molecule has 0 aromatic heterocycles. The SMILES string of the molecule is Cc1ccc(OC(C)[C@H](C)N)c(Cl)c1. The highest BCUT2D eigenvalue weighted by atomic mass is 35.5. The van der Waals surface area contributed by atoms with Crippen molar-refractivity contribution in [3.63, 3.8) is 0 Å². The van der Waals surface area contributed by atoms with E-state index in [0.29, 0.717) is 10.8 Å². The van der Waals surface area contributed by atoms with E-state index in [9.17, 15) is 0 Å². The Hall–Kier alpha value is -0.730. The van der Waals surface area contributed by atoms with Gasteiger partial charge in [-0.3, -0.25) is 0 Å². The minimum absolute atomic E-state index is 0.00707. The topological polar surface area (TPSA) is 35.2 Å². The molecule has 3 heteroatoms. The molecule has 0 fully saturated rings. The van der Waals surface area contributed by atoms with Crippen molar-refractivity contribution in [3.05, 3.63) is 28.8 Å². The van der Waals surface area contributed by atoms with Gasteiger partial charge in [-0.2, -0.15) is 0 Å². The van der Waals surface area contributed by atoms with E-state index in [1.165, 1.54) is 0 Å². The van der Waals surface area contributed by atoms with Crippen LogP contribution in [0.1, 0.15) is 19.4 Å². The lowest BCUT2D eigenvalue weighted by Gasteiger charge is -2.18. The van der Waals surface area contributed by atoms with Crippen molar-refractivity contribution in [2.75, 3.05) is 0 Å². The first-order valence-electron chi connectivity index (χ1n) is 4.69. The maximum absolute atomic E-state index is 6.01. The first-order valence-corrected chi connectivity index (χ1v) is 5.07. The number of benzene rings is 1. The predicted octanol–water partition coefficient (Wildman–Crippen LogP) is 2.76. The number of halogens is 1. The van der Waals surface area contributed by atoms with Crippen LogP contribution in [0.2, 0.25) is 5.02 Å². The summed E-state index contributed by atoms with van der Waals surface area (Å²) in [6.45, 7) is 5.83.